The molecular weight excluding hydrogens is 583 g/mol. The number of carbonyl (C=O) groups is 5. The van der Waals surface area contributed by atoms with E-state index in [9.17, 15) is 29.1 Å². The number of aliphatic hydroxyl groups is 1. The fourth-order valence-electron chi connectivity index (χ4n) is 7.20. The minimum absolute atomic E-state index is 0.0185. The molecule has 2 saturated heterocycles. The summed E-state index contributed by atoms with van der Waals surface area (Å²) in [5.41, 5.74) is 1.94. The zero-order chi connectivity index (χ0) is 30.1. The molecule has 2 aromatic rings. The highest BCUT2D eigenvalue weighted by molar-refractivity contribution is 6.53. The summed E-state index contributed by atoms with van der Waals surface area (Å²) in [5.74, 6) is -5.11. The van der Waals surface area contributed by atoms with E-state index in [0.29, 0.717) is 28.1 Å². The Labute approximate surface area is 252 Å². The van der Waals surface area contributed by atoms with Crippen LogP contribution in [-0.4, -0.2) is 69.4 Å². The first-order valence-electron chi connectivity index (χ1n) is 13.7. The minimum Gasteiger partial charge on any atom is -0.491 e. The number of rotatable bonds is 6. The molecule has 1 N–H and O–H groups in total. The number of hydrogen-bond donors (Lipinski definition) is 1. The van der Waals surface area contributed by atoms with Crippen LogP contribution in [0, 0.1) is 17.8 Å². The highest BCUT2D eigenvalue weighted by Crippen LogP contribution is 2.66. The van der Waals surface area contributed by atoms with E-state index in [4.69, 9.17) is 27.9 Å². The standard InChI is InChI=1S/C31H28Cl2N2O7/c1-16(37)17-7-9-18(10-8-17)35-26(38)21-12-11-19-22(24(21)27(35)39)15-30(32)28(40)34(2)29(41)31(30,33)25(19)20-5-3-4-6-23(20)42-14-13-36/h3-11,21-22,24-25,36H,12-15H2,1-2H3/t21-,22+,24-,25+,30+,31-/m0/s1. The molecule has 3 fully saturated rings. The molecule has 11 heteroatoms. The van der Waals surface area contributed by atoms with E-state index in [1.54, 1.807) is 48.5 Å². The van der Waals surface area contributed by atoms with Gasteiger partial charge in [-0.3, -0.25) is 33.8 Å². The Balaban J connectivity index is 1.48. The Bertz CT molecular complexity index is 1570. The number of anilines is 1. The molecule has 6 rings (SSSR count). The quantitative estimate of drug-likeness (QED) is 0.230. The Morgan fingerprint density at radius 2 is 1.69 bits per heavy atom. The van der Waals surface area contributed by atoms with Crippen LogP contribution in [0.5, 0.6) is 5.75 Å². The summed E-state index contributed by atoms with van der Waals surface area (Å²) in [7, 11) is 1.33. The fourth-order valence-corrected chi connectivity index (χ4v) is 8.21. The van der Waals surface area contributed by atoms with Crippen molar-refractivity contribution in [2.24, 2.45) is 17.8 Å². The Morgan fingerprint density at radius 1 is 1.00 bits per heavy atom. The van der Waals surface area contributed by atoms with Gasteiger partial charge >= 0.3 is 0 Å². The maximum Gasteiger partial charge on any atom is 0.253 e. The number of ether oxygens (including phenoxy) is 1. The van der Waals surface area contributed by atoms with Gasteiger partial charge in [0, 0.05) is 24.1 Å². The molecule has 1 saturated carbocycles. The third-order valence-corrected chi connectivity index (χ3v) is 10.5. The number of para-hydroxylation sites is 1. The van der Waals surface area contributed by atoms with E-state index in [1.165, 1.54) is 14.0 Å². The number of hydrogen-bond acceptors (Lipinski definition) is 7. The first kappa shape index (κ1) is 28.6. The van der Waals surface area contributed by atoms with Crippen molar-refractivity contribution in [3.05, 3.63) is 71.3 Å². The molecule has 0 bridgehead atoms. The molecule has 0 radical (unpaired) electrons. The number of halogens is 2. The van der Waals surface area contributed by atoms with E-state index in [2.05, 4.69) is 0 Å². The highest BCUT2D eigenvalue weighted by atomic mass is 35.5. The van der Waals surface area contributed by atoms with E-state index < -0.39 is 51.1 Å². The second-order valence-electron chi connectivity index (χ2n) is 11.2. The van der Waals surface area contributed by atoms with Crippen LogP contribution < -0.4 is 9.64 Å². The molecule has 0 unspecified atom stereocenters. The number of benzene rings is 2. The van der Waals surface area contributed by atoms with Crippen LogP contribution >= 0.6 is 23.2 Å². The van der Waals surface area contributed by atoms with Gasteiger partial charge in [-0.1, -0.05) is 29.8 Å². The zero-order valence-electron chi connectivity index (χ0n) is 22.9. The number of allylic oxidation sites excluding steroid dienone is 2. The number of aliphatic hydroxyl groups excluding tert-OH is 1. The molecule has 0 spiro atoms. The molecule has 218 valence electrons. The summed E-state index contributed by atoms with van der Waals surface area (Å²) in [5, 5.41) is 9.41. The number of carbonyl (C=O) groups excluding carboxylic acids is 5. The van der Waals surface area contributed by atoms with Crippen LogP contribution in [0.15, 0.2) is 60.2 Å². The molecule has 6 atom stereocenters. The van der Waals surface area contributed by atoms with Crippen molar-refractivity contribution in [3.63, 3.8) is 0 Å². The van der Waals surface area contributed by atoms with Gasteiger partial charge in [0.25, 0.3) is 11.8 Å². The molecule has 2 aliphatic carbocycles. The number of ketones is 1. The summed E-state index contributed by atoms with van der Waals surface area (Å²) < 4.78 is 5.82. The number of likely N-dealkylation sites (tertiary alicyclic amines) is 1. The van der Waals surface area contributed by atoms with E-state index in [1.807, 2.05) is 6.08 Å². The van der Waals surface area contributed by atoms with Crippen LogP contribution in [0.3, 0.4) is 0 Å². The fraction of sp³-hybridized carbons (Fsp3) is 0.387. The molecule has 2 heterocycles. The van der Waals surface area contributed by atoms with Gasteiger partial charge in [0.2, 0.25) is 11.8 Å². The number of nitrogens with zero attached hydrogens (tertiary/aromatic N) is 2. The highest BCUT2D eigenvalue weighted by Gasteiger charge is 2.76. The first-order chi connectivity index (χ1) is 20.0. The van der Waals surface area contributed by atoms with Gasteiger partial charge in [0.1, 0.15) is 12.4 Å². The minimum atomic E-state index is -1.93. The van der Waals surface area contributed by atoms with Gasteiger partial charge in [0.15, 0.2) is 15.5 Å². The molecule has 2 aromatic carbocycles. The van der Waals surface area contributed by atoms with E-state index >= 15 is 0 Å². The third-order valence-electron chi connectivity index (χ3n) is 9.13. The molecule has 4 amide bonds. The predicted octanol–water partition coefficient (Wildman–Crippen LogP) is 3.45. The van der Waals surface area contributed by atoms with Gasteiger partial charge in [-0.2, -0.15) is 0 Å². The maximum absolute atomic E-state index is 14.1. The molecule has 4 aliphatic rings. The van der Waals surface area contributed by atoms with E-state index in [0.717, 1.165) is 9.80 Å². The number of fused-ring (bicyclic) bond motifs is 4. The lowest BCUT2D eigenvalue weighted by molar-refractivity contribution is -0.138. The van der Waals surface area contributed by atoms with Crippen LogP contribution in [-0.2, 0) is 19.2 Å². The number of imide groups is 2. The van der Waals surface area contributed by atoms with Crippen molar-refractivity contribution < 1.29 is 33.8 Å². The summed E-state index contributed by atoms with van der Waals surface area (Å²) in [6, 6.07) is 13.2. The molecule has 9 nitrogen and oxygen atoms in total. The van der Waals surface area contributed by atoms with Crippen LogP contribution in [0.1, 0.15) is 41.6 Å². The SMILES string of the molecule is CC(=O)c1ccc(N2C(=O)[C@H]3[C@H](CC=C4[C@H]3C[C@@]3(Cl)C(=O)N(C)C(=O)[C@@]3(Cl)[C@H]4c3ccccc3OCCO)C2=O)cc1. The normalized spacial score (nSPS) is 32.0. The van der Waals surface area contributed by atoms with E-state index in [-0.39, 0.29) is 37.7 Å². The predicted molar refractivity (Wildman–Crippen MR) is 153 cm³/mol. The zero-order valence-corrected chi connectivity index (χ0v) is 24.4. The molecule has 0 aromatic heterocycles. The van der Waals surface area contributed by atoms with Crippen LogP contribution in [0.4, 0.5) is 5.69 Å². The third kappa shape index (κ3) is 3.76. The van der Waals surface area contributed by atoms with Crippen molar-refractivity contribution in [2.45, 2.75) is 35.4 Å². The second kappa shape index (κ2) is 10.0. The first-order valence-corrected chi connectivity index (χ1v) is 14.4. The smallest absolute Gasteiger partial charge is 0.253 e. The summed E-state index contributed by atoms with van der Waals surface area (Å²) in [6.07, 6.45) is 1.95. The Hall–Kier alpha value is -3.53. The Morgan fingerprint density at radius 3 is 2.36 bits per heavy atom. The van der Waals surface area contributed by atoms with Gasteiger partial charge < -0.3 is 9.84 Å². The van der Waals surface area contributed by atoms with Crippen molar-refractivity contribution in [1.29, 1.82) is 0 Å². The van der Waals surface area contributed by atoms with Crippen molar-refractivity contribution in [1.82, 2.24) is 4.90 Å². The molecule has 42 heavy (non-hydrogen) atoms. The van der Waals surface area contributed by atoms with Crippen molar-refractivity contribution in [2.75, 3.05) is 25.2 Å². The monoisotopic (exact) mass is 610 g/mol. The topological polar surface area (TPSA) is 121 Å². The van der Waals surface area contributed by atoms with Gasteiger partial charge in [-0.25, -0.2) is 0 Å². The van der Waals surface area contributed by atoms with Crippen LogP contribution in [0.2, 0.25) is 0 Å². The largest absolute Gasteiger partial charge is 0.491 e. The lowest BCUT2D eigenvalue weighted by Gasteiger charge is -2.51. The summed E-state index contributed by atoms with van der Waals surface area (Å²) in [6.45, 7) is 1.16. The number of Topliss-reactive ketones (excluding diaryl/α,β-unsaturated/α-hetero) is 1. The summed E-state index contributed by atoms with van der Waals surface area (Å²) in [4.78, 5) is 65.1. The number of alkyl halides is 2. The second-order valence-corrected chi connectivity index (χ2v) is 12.5. The molecular formula is C31H28Cl2N2O7. The summed E-state index contributed by atoms with van der Waals surface area (Å²) >= 11 is 14.4. The average molecular weight is 611 g/mol. The lowest BCUT2D eigenvalue weighted by Crippen LogP contribution is -2.60. The van der Waals surface area contributed by atoms with Crippen LogP contribution in [0.25, 0.3) is 0 Å². The lowest BCUT2D eigenvalue weighted by atomic mass is 9.56. The number of amides is 4. The van der Waals surface area contributed by atoms with Crippen molar-refractivity contribution in [3.8, 4) is 5.75 Å². The molecule has 2 aliphatic heterocycles. The van der Waals surface area contributed by atoms with Crippen molar-refractivity contribution >= 4 is 58.3 Å². The van der Waals surface area contributed by atoms with Gasteiger partial charge in [-0.05, 0) is 56.0 Å². The van der Waals surface area contributed by atoms with Gasteiger partial charge in [-0.15, -0.1) is 23.2 Å². The maximum atomic E-state index is 14.1. The van der Waals surface area contributed by atoms with Gasteiger partial charge in [0.05, 0.1) is 24.1 Å². The Kier molecular flexibility index (Phi) is 6.83. The average Bonchev–Trinajstić information content (AvgIpc) is 3.31.